The molecule has 2 aromatic rings. The number of hydrogen-bond donors (Lipinski definition) is 0. The average Bonchev–Trinajstić information content (AvgIpc) is 2.97. The molecule has 0 aromatic carbocycles. The minimum Gasteiger partial charge on any atom is -0.331 e. The van der Waals surface area contributed by atoms with Gasteiger partial charge in [0.25, 0.3) is 0 Å². The van der Waals surface area contributed by atoms with E-state index >= 15 is 0 Å². The van der Waals surface area contributed by atoms with Crippen LogP contribution >= 0.6 is 0 Å². The SMILES string of the molecule is CC(C)n1ccnc1CN1CCC[C@H](c2ccncn2)C1. The molecule has 0 N–H and O–H groups in total. The van der Waals surface area contributed by atoms with Crippen LogP contribution in [0.2, 0.25) is 0 Å². The van der Waals surface area contributed by atoms with Crippen molar-refractivity contribution in [2.75, 3.05) is 13.1 Å². The maximum atomic E-state index is 4.52. The van der Waals surface area contributed by atoms with Crippen molar-refractivity contribution in [3.8, 4) is 0 Å². The van der Waals surface area contributed by atoms with Gasteiger partial charge >= 0.3 is 0 Å². The molecule has 21 heavy (non-hydrogen) atoms. The van der Waals surface area contributed by atoms with Gasteiger partial charge in [-0.3, -0.25) is 4.90 Å². The summed E-state index contributed by atoms with van der Waals surface area (Å²) in [5.74, 6) is 1.68. The van der Waals surface area contributed by atoms with Crippen LogP contribution in [0, 0.1) is 0 Å². The molecule has 0 bridgehead atoms. The molecule has 112 valence electrons. The third kappa shape index (κ3) is 3.29. The maximum absolute atomic E-state index is 4.52. The van der Waals surface area contributed by atoms with Crippen LogP contribution in [0.25, 0.3) is 0 Å². The number of rotatable bonds is 4. The zero-order valence-corrected chi connectivity index (χ0v) is 12.8. The summed E-state index contributed by atoms with van der Waals surface area (Å²) < 4.78 is 2.26. The summed E-state index contributed by atoms with van der Waals surface area (Å²) in [6, 6.07) is 2.51. The van der Waals surface area contributed by atoms with E-state index in [-0.39, 0.29) is 0 Å². The summed E-state index contributed by atoms with van der Waals surface area (Å²) in [6.45, 7) is 7.53. The van der Waals surface area contributed by atoms with Crippen LogP contribution in [0.15, 0.2) is 31.0 Å². The topological polar surface area (TPSA) is 46.8 Å². The van der Waals surface area contributed by atoms with Gasteiger partial charge in [0.2, 0.25) is 0 Å². The average molecular weight is 285 g/mol. The number of likely N-dealkylation sites (tertiary alicyclic amines) is 1. The molecule has 0 radical (unpaired) electrons. The highest BCUT2D eigenvalue weighted by atomic mass is 15.2. The van der Waals surface area contributed by atoms with E-state index in [0.29, 0.717) is 12.0 Å². The van der Waals surface area contributed by atoms with Gasteiger partial charge in [0.15, 0.2) is 0 Å². The molecular formula is C16H23N5. The zero-order valence-electron chi connectivity index (χ0n) is 12.8. The second-order valence-corrected chi connectivity index (χ2v) is 6.05. The highest BCUT2D eigenvalue weighted by Gasteiger charge is 2.23. The van der Waals surface area contributed by atoms with Gasteiger partial charge in [0.1, 0.15) is 12.2 Å². The standard InChI is InChI=1S/C16H23N5/c1-13(2)21-9-7-18-16(21)11-20-8-3-4-14(10-20)15-5-6-17-12-19-15/h5-7,9,12-14H,3-4,8,10-11H2,1-2H3/t14-/m0/s1. The predicted molar refractivity (Wildman–Crippen MR) is 81.9 cm³/mol. The normalized spacial score (nSPS) is 20.0. The molecule has 0 spiro atoms. The van der Waals surface area contributed by atoms with Crippen molar-refractivity contribution in [2.24, 2.45) is 0 Å². The quantitative estimate of drug-likeness (QED) is 0.866. The number of aromatic nitrogens is 4. The van der Waals surface area contributed by atoms with Gasteiger partial charge in [-0.1, -0.05) is 0 Å². The van der Waals surface area contributed by atoms with E-state index in [1.807, 2.05) is 18.5 Å². The number of imidazole rings is 1. The fourth-order valence-electron chi connectivity index (χ4n) is 3.12. The minimum atomic E-state index is 0.463. The van der Waals surface area contributed by atoms with Gasteiger partial charge in [0, 0.05) is 42.8 Å². The lowest BCUT2D eigenvalue weighted by Gasteiger charge is -2.32. The second kappa shape index (κ2) is 6.35. The maximum Gasteiger partial charge on any atom is 0.123 e. The predicted octanol–water partition coefficient (Wildman–Crippen LogP) is 2.63. The van der Waals surface area contributed by atoms with Gasteiger partial charge in [-0.2, -0.15) is 0 Å². The Morgan fingerprint density at radius 2 is 2.19 bits per heavy atom. The Balaban J connectivity index is 1.68. The van der Waals surface area contributed by atoms with Gasteiger partial charge in [0.05, 0.1) is 6.54 Å². The Hall–Kier alpha value is -1.75. The fraction of sp³-hybridized carbons (Fsp3) is 0.562. The molecule has 0 unspecified atom stereocenters. The highest BCUT2D eigenvalue weighted by Crippen LogP contribution is 2.26. The van der Waals surface area contributed by atoms with Crippen LogP contribution in [0.4, 0.5) is 0 Å². The van der Waals surface area contributed by atoms with Gasteiger partial charge < -0.3 is 4.57 Å². The molecule has 0 amide bonds. The van der Waals surface area contributed by atoms with Crippen LogP contribution < -0.4 is 0 Å². The smallest absolute Gasteiger partial charge is 0.123 e. The van der Waals surface area contributed by atoms with Crippen LogP contribution in [-0.2, 0) is 6.54 Å². The third-order valence-corrected chi connectivity index (χ3v) is 4.20. The first-order valence-electron chi connectivity index (χ1n) is 7.74. The Kier molecular flexibility index (Phi) is 4.29. The molecule has 0 saturated carbocycles. The van der Waals surface area contributed by atoms with Gasteiger partial charge in [-0.15, -0.1) is 0 Å². The molecule has 1 atom stereocenters. The molecule has 3 heterocycles. The van der Waals surface area contributed by atoms with E-state index in [4.69, 9.17) is 0 Å². The Morgan fingerprint density at radius 1 is 1.29 bits per heavy atom. The summed E-state index contributed by atoms with van der Waals surface area (Å²) in [4.78, 5) is 15.5. The number of piperidine rings is 1. The van der Waals surface area contributed by atoms with Crippen molar-refractivity contribution in [3.05, 3.63) is 42.5 Å². The zero-order chi connectivity index (χ0) is 14.7. The lowest BCUT2D eigenvalue weighted by molar-refractivity contribution is 0.191. The van der Waals surface area contributed by atoms with Crippen LogP contribution in [0.5, 0.6) is 0 Å². The van der Waals surface area contributed by atoms with Gasteiger partial charge in [-0.25, -0.2) is 15.0 Å². The van der Waals surface area contributed by atoms with Crippen LogP contribution in [-0.4, -0.2) is 37.5 Å². The summed E-state index contributed by atoms with van der Waals surface area (Å²) in [5, 5.41) is 0. The number of hydrogen-bond acceptors (Lipinski definition) is 4. The monoisotopic (exact) mass is 285 g/mol. The summed E-state index contributed by atoms with van der Waals surface area (Å²) in [7, 11) is 0. The molecule has 1 saturated heterocycles. The molecule has 3 rings (SSSR count). The molecule has 0 aliphatic carbocycles. The van der Waals surface area contributed by atoms with E-state index in [1.165, 1.54) is 18.5 Å². The van der Waals surface area contributed by atoms with E-state index in [9.17, 15) is 0 Å². The van der Waals surface area contributed by atoms with Crippen molar-refractivity contribution < 1.29 is 0 Å². The Labute approximate surface area is 126 Å². The summed E-state index contributed by atoms with van der Waals surface area (Å²) >= 11 is 0. The van der Waals surface area contributed by atoms with Crippen molar-refractivity contribution in [2.45, 2.75) is 45.2 Å². The molecule has 5 nitrogen and oxygen atoms in total. The third-order valence-electron chi connectivity index (χ3n) is 4.20. The van der Waals surface area contributed by atoms with Crippen molar-refractivity contribution in [1.29, 1.82) is 0 Å². The minimum absolute atomic E-state index is 0.463. The lowest BCUT2D eigenvalue weighted by atomic mass is 9.94. The van der Waals surface area contributed by atoms with Crippen molar-refractivity contribution in [3.63, 3.8) is 0 Å². The van der Waals surface area contributed by atoms with Crippen LogP contribution in [0.3, 0.4) is 0 Å². The van der Waals surface area contributed by atoms with Crippen molar-refractivity contribution in [1.82, 2.24) is 24.4 Å². The highest BCUT2D eigenvalue weighted by molar-refractivity contribution is 5.08. The van der Waals surface area contributed by atoms with Gasteiger partial charge in [-0.05, 0) is 39.3 Å². The first kappa shape index (κ1) is 14.2. The van der Waals surface area contributed by atoms with Crippen LogP contribution in [0.1, 0.15) is 50.2 Å². The first-order chi connectivity index (χ1) is 10.2. The largest absolute Gasteiger partial charge is 0.331 e. The lowest BCUT2D eigenvalue weighted by Crippen LogP contribution is -2.35. The molecular weight excluding hydrogens is 262 g/mol. The van der Waals surface area contributed by atoms with E-state index in [1.54, 1.807) is 6.33 Å². The second-order valence-electron chi connectivity index (χ2n) is 6.05. The molecule has 1 aliphatic rings. The van der Waals surface area contributed by atoms with E-state index in [0.717, 1.165) is 25.5 Å². The Morgan fingerprint density at radius 3 is 2.95 bits per heavy atom. The van der Waals surface area contributed by atoms with E-state index in [2.05, 4.69) is 44.5 Å². The molecule has 1 fully saturated rings. The summed E-state index contributed by atoms with van der Waals surface area (Å²) in [6.07, 6.45) is 9.91. The van der Waals surface area contributed by atoms with Crippen molar-refractivity contribution >= 4 is 0 Å². The molecule has 5 heteroatoms. The summed E-state index contributed by atoms with van der Waals surface area (Å²) in [5.41, 5.74) is 1.17. The molecule has 1 aliphatic heterocycles. The first-order valence-corrected chi connectivity index (χ1v) is 7.74. The fourth-order valence-corrected chi connectivity index (χ4v) is 3.12. The van der Waals surface area contributed by atoms with E-state index < -0.39 is 0 Å². The Bertz CT molecular complexity index is 563. The number of nitrogens with zero attached hydrogens (tertiary/aromatic N) is 5. The molecule has 2 aromatic heterocycles.